The van der Waals surface area contributed by atoms with Gasteiger partial charge in [0.2, 0.25) is 5.88 Å². The molecule has 1 aromatic carbocycles. The summed E-state index contributed by atoms with van der Waals surface area (Å²) < 4.78 is 36.6. The zero-order valence-corrected chi connectivity index (χ0v) is 18.3. The Morgan fingerprint density at radius 2 is 1.97 bits per heavy atom. The predicted molar refractivity (Wildman–Crippen MR) is 115 cm³/mol. The molecule has 2 aromatic rings. The third-order valence-corrected chi connectivity index (χ3v) is 7.78. The first kappa shape index (κ1) is 20.3. The van der Waals surface area contributed by atoms with Gasteiger partial charge in [0.15, 0.2) is 9.92 Å². The van der Waals surface area contributed by atoms with Crippen molar-refractivity contribution in [2.75, 3.05) is 19.0 Å². The number of aryl methyl sites for hydroxylation is 2. The molecule has 3 aliphatic rings. The standard InChI is InChI=1S/C21H27N5O4S/c1-29-15-8-9-30-20-18(11-23-26(20)12-15)31(22,28)25-21(27)24-19-16-6-2-4-13(16)10-14-5-3-7-17(14)19/h10-11,15H,2-9,12H2,1H3,(H3,22,24,25,27,28). The summed E-state index contributed by atoms with van der Waals surface area (Å²) in [4.78, 5) is 12.9. The fourth-order valence-corrected chi connectivity index (χ4v) is 5.91. The molecule has 0 radical (unpaired) electrons. The van der Waals surface area contributed by atoms with Gasteiger partial charge in [-0.3, -0.25) is 0 Å². The fraction of sp³-hybridized carbons (Fsp3) is 0.524. The van der Waals surface area contributed by atoms with Crippen LogP contribution >= 0.6 is 0 Å². The maximum Gasteiger partial charge on any atom is 0.331 e. The van der Waals surface area contributed by atoms with Crippen molar-refractivity contribution < 1.29 is 18.5 Å². The minimum absolute atomic E-state index is 0.0722. The molecule has 166 valence electrons. The summed E-state index contributed by atoms with van der Waals surface area (Å²) in [7, 11) is -2.04. The molecule has 0 spiro atoms. The number of fused-ring (bicyclic) bond motifs is 3. The molecule has 9 nitrogen and oxygen atoms in total. The number of ether oxygens (including phenoxy) is 2. The van der Waals surface area contributed by atoms with Gasteiger partial charge in [0.25, 0.3) is 0 Å². The zero-order chi connectivity index (χ0) is 21.6. The molecule has 1 aromatic heterocycles. The van der Waals surface area contributed by atoms with Gasteiger partial charge in [-0.1, -0.05) is 6.07 Å². The van der Waals surface area contributed by atoms with Gasteiger partial charge in [-0.25, -0.2) is 23.2 Å². The van der Waals surface area contributed by atoms with Crippen molar-refractivity contribution in [3.63, 3.8) is 0 Å². The Morgan fingerprint density at radius 3 is 2.65 bits per heavy atom. The molecule has 31 heavy (non-hydrogen) atoms. The van der Waals surface area contributed by atoms with Crippen LogP contribution in [0.2, 0.25) is 0 Å². The van der Waals surface area contributed by atoms with E-state index >= 15 is 0 Å². The van der Waals surface area contributed by atoms with E-state index in [4.69, 9.17) is 14.3 Å². The highest BCUT2D eigenvalue weighted by Gasteiger charge is 2.29. The molecule has 3 N–H and O–H groups in total. The van der Waals surface area contributed by atoms with Crippen molar-refractivity contribution >= 4 is 21.6 Å². The predicted octanol–water partition coefficient (Wildman–Crippen LogP) is 2.80. The van der Waals surface area contributed by atoms with Gasteiger partial charge in [-0.15, -0.1) is 0 Å². The average molecular weight is 446 g/mol. The summed E-state index contributed by atoms with van der Waals surface area (Å²) >= 11 is 0. The van der Waals surface area contributed by atoms with Crippen LogP contribution in [0.4, 0.5) is 10.5 Å². The number of rotatable bonds is 4. The molecule has 2 aliphatic carbocycles. The summed E-state index contributed by atoms with van der Waals surface area (Å²) in [6.07, 6.45) is 7.98. The Morgan fingerprint density at radius 1 is 1.26 bits per heavy atom. The number of carbonyl (C=O) groups is 1. The summed E-state index contributed by atoms with van der Waals surface area (Å²) in [5, 5.41) is 7.14. The SMILES string of the molecule is COC1CCOc2c(S(=N)(=O)NC(=O)Nc3c4c(cc5c3CCC5)CCC4)cnn2C1. The molecule has 2 atom stereocenters. The summed E-state index contributed by atoms with van der Waals surface area (Å²) in [5.41, 5.74) is 5.81. The first-order valence-electron chi connectivity index (χ1n) is 10.7. The van der Waals surface area contributed by atoms with Gasteiger partial charge < -0.3 is 14.8 Å². The molecule has 1 aliphatic heterocycles. The van der Waals surface area contributed by atoms with Crippen LogP contribution < -0.4 is 14.8 Å². The fourth-order valence-electron chi connectivity index (χ4n) is 4.89. The number of hydrogen-bond acceptors (Lipinski definition) is 6. The monoisotopic (exact) mass is 445 g/mol. The van der Waals surface area contributed by atoms with E-state index in [0.717, 1.165) is 44.2 Å². The van der Waals surface area contributed by atoms with E-state index in [-0.39, 0.29) is 16.9 Å². The van der Waals surface area contributed by atoms with Crippen LogP contribution in [0.15, 0.2) is 17.2 Å². The van der Waals surface area contributed by atoms with Gasteiger partial charge >= 0.3 is 6.03 Å². The van der Waals surface area contributed by atoms with Gasteiger partial charge in [-0.2, -0.15) is 5.10 Å². The van der Waals surface area contributed by atoms with Gasteiger partial charge in [0.05, 0.1) is 25.5 Å². The lowest BCUT2D eigenvalue weighted by Gasteiger charge is -2.17. The lowest BCUT2D eigenvalue weighted by molar-refractivity contribution is 0.0775. The van der Waals surface area contributed by atoms with Crippen molar-refractivity contribution in [2.24, 2.45) is 0 Å². The highest BCUT2D eigenvalue weighted by Crippen LogP contribution is 2.38. The van der Waals surface area contributed by atoms with Crippen LogP contribution in [-0.4, -0.2) is 39.8 Å². The average Bonchev–Trinajstić information content (AvgIpc) is 3.44. The van der Waals surface area contributed by atoms with Crippen molar-refractivity contribution in [3.8, 4) is 5.88 Å². The highest BCUT2D eigenvalue weighted by atomic mass is 32.2. The first-order valence-corrected chi connectivity index (χ1v) is 12.3. The van der Waals surface area contributed by atoms with Gasteiger partial charge in [0, 0.05) is 19.2 Å². The zero-order valence-electron chi connectivity index (χ0n) is 17.5. The van der Waals surface area contributed by atoms with E-state index in [0.29, 0.717) is 19.6 Å². The molecular formula is C21H27N5O4S. The Balaban J connectivity index is 1.38. The van der Waals surface area contributed by atoms with E-state index in [9.17, 15) is 9.00 Å². The number of benzene rings is 1. The minimum atomic E-state index is -3.66. The molecule has 0 saturated heterocycles. The second-order valence-corrected chi connectivity index (χ2v) is 10.1. The topological polar surface area (TPSA) is 118 Å². The summed E-state index contributed by atoms with van der Waals surface area (Å²) in [6, 6.07) is 1.64. The van der Waals surface area contributed by atoms with Crippen molar-refractivity contribution in [1.82, 2.24) is 14.5 Å². The maximum atomic E-state index is 13.2. The Bertz CT molecular complexity index is 1110. The second-order valence-electron chi connectivity index (χ2n) is 8.34. The summed E-state index contributed by atoms with van der Waals surface area (Å²) in [6.45, 7) is 0.803. The number of aromatic nitrogens is 2. The molecule has 0 fully saturated rings. The molecule has 2 heterocycles. The first-order chi connectivity index (χ1) is 15.0. The third kappa shape index (κ3) is 3.67. The molecule has 5 rings (SSSR count). The van der Waals surface area contributed by atoms with Crippen LogP contribution in [0.1, 0.15) is 41.5 Å². The van der Waals surface area contributed by atoms with Crippen LogP contribution in [0.5, 0.6) is 5.88 Å². The van der Waals surface area contributed by atoms with E-state index in [1.807, 2.05) is 0 Å². The normalized spacial score (nSPS) is 21.3. The highest BCUT2D eigenvalue weighted by molar-refractivity contribution is 7.91. The Labute approximate surface area is 181 Å². The number of anilines is 1. The van der Waals surface area contributed by atoms with Gasteiger partial charge in [-0.05, 0) is 60.8 Å². The third-order valence-electron chi connectivity index (χ3n) is 6.41. The summed E-state index contributed by atoms with van der Waals surface area (Å²) in [5.74, 6) is 0.251. The van der Waals surface area contributed by atoms with E-state index in [1.165, 1.54) is 28.5 Å². The number of hydrogen-bond donors (Lipinski definition) is 3. The lowest BCUT2D eigenvalue weighted by atomic mass is 9.99. The number of amides is 2. The van der Waals surface area contributed by atoms with Crippen LogP contribution in [0.25, 0.3) is 0 Å². The largest absolute Gasteiger partial charge is 0.477 e. The van der Waals surface area contributed by atoms with Gasteiger partial charge in [0.1, 0.15) is 4.90 Å². The molecule has 10 heteroatoms. The smallest absolute Gasteiger partial charge is 0.331 e. The van der Waals surface area contributed by atoms with Crippen LogP contribution in [-0.2, 0) is 46.9 Å². The molecule has 0 saturated carbocycles. The van der Waals surface area contributed by atoms with Crippen LogP contribution in [0, 0.1) is 4.78 Å². The Hall–Kier alpha value is -2.59. The van der Waals surface area contributed by atoms with Crippen molar-refractivity contribution in [3.05, 3.63) is 34.5 Å². The van der Waals surface area contributed by atoms with E-state index < -0.39 is 15.9 Å². The molecule has 2 unspecified atom stereocenters. The molecule has 2 amide bonds. The second kappa shape index (κ2) is 7.83. The molecular weight excluding hydrogens is 418 g/mol. The minimum Gasteiger partial charge on any atom is -0.477 e. The van der Waals surface area contributed by atoms with E-state index in [2.05, 4.69) is 21.2 Å². The quantitative estimate of drug-likeness (QED) is 0.669. The number of urea groups is 1. The van der Waals surface area contributed by atoms with Crippen molar-refractivity contribution in [1.29, 1.82) is 4.78 Å². The number of methoxy groups -OCH3 is 1. The Kier molecular flexibility index (Phi) is 5.13. The molecule has 0 bridgehead atoms. The number of nitrogens with one attached hydrogen (secondary N) is 3. The van der Waals surface area contributed by atoms with Crippen LogP contribution in [0.3, 0.4) is 0 Å². The van der Waals surface area contributed by atoms with Crippen molar-refractivity contribution in [2.45, 2.75) is 62.5 Å². The number of carbonyl (C=O) groups excluding carboxylic acids is 1. The lowest BCUT2D eigenvalue weighted by Crippen LogP contribution is -2.34. The maximum absolute atomic E-state index is 13.2. The number of nitrogens with zero attached hydrogens (tertiary/aromatic N) is 2. The van der Waals surface area contributed by atoms with E-state index in [1.54, 1.807) is 11.8 Å².